The lowest BCUT2D eigenvalue weighted by Crippen LogP contribution is -2.45. The molecule has 0 aliphatic carbocycles. The van der Waals surface area contributed by atoms with Crippen LogP contribution in [-0.4, -0.2) is 41.7 Å². The molecule has 2 unspecified atom stereocenters. The minimum absolute atomic E-state index is 0.0565. The van der Waals surface area contributed by atoms with Crippen LogP contribution in [0.1, 0.15) is 45.4 Å². The first-order chi connectivity index (χ1) is 8.19. The van der Waals surface area contributed by atoms with Gasteiger partial charge in [0.05, 0.1) is 12.6 Å². The van der Waals surface area contributed by atoms with Gasteiger partial charge in [0.25, 0.3) is 0 Å². The molecule has 1 amide bonds. The number of aliphatic hydroxyl groups is 1. The number of hydrogen-bond acceptors (Lipinski definition) is 3. The topological polar surface area (TPSA) is 66.6 Å². The van der Waals surface area contributed by atoms with Crippen LogP contribution in [0.2, 0.25) is 0 Å². The number of carbonyl (C=O) groups excluding carboxylic acids is 1. The molecule has 0 saturated carbocycles. The predicted octanol–water partition coefficient (Wildman–Crippen LogP) is 1.12. The summed E-state index contributed by atoms with van der Waals surface area (Å²) in [6, 6.07) is 0.0565. The van der Waals surface area contributed by atoms with Crippen molar-refractivity contribution in [2.45, 2.75) is 51.5 Å². The molecule has 1 aliphatic heterocycles. The lowest BCUT2D eigenvalue weighted by Gasteiger charge is -2.35. The van der Waals surface area contributed by atoms with Crippen LogP contribution in [0, 0.1) is 5.92 Å². The van der Waals surface area contributed by atoms with Gasteiger partial charge in [-0.2, -0.15) is 0 Å². The van der Waals surface area contributed by atoms with Gasteiger partial charge in [-0.25, -0.2) is 0 Å². The van der Waals surface area contributed by atoms with Gasteiger partial charge >= 0.3 is 0 Å². The maximum Gasteiger partial charge on any atom is 0.222 e. The van der Waals surface area contributed by atoms with Crippen LogP contribution >= 0.6 is 0 Å². The molecule has 3 N–H and O–H groups in total. The normalized spacial score (nSPS) is 22.5. The van der Waals surface area contributed by atoms with Gasteiger partial charge in [0.2, 0.25) is 5.91 Å². The minimum atomic E-state index is 0.0565. The molecule has 0 spiro atoms. The number of nitrogens with zero attached hydrogens (tertiary/aromatic N) is 1. The van der Waals surface area contributed by atoms with E-state index < -0.39 is 0 Å². The maximum absolute atomic E-state index is 12.1. The zero-order valence-electron chi connectivity index (χ0n) is 10.9. The molecule has 0 radical (unpaired) electrons. The number of aliphatic hydroxyl groups excluding tert-OH is 1. The van der Waals surface area contributed by atoms with E-state index in [2.05, 4.69) is 6.92 Å². The first-order valence-corrected chi connectivity index (χ1v) is 6.79. The average molecular weight is 242 g/mol. The van der Waals surface area contributed by atoms with E-state index in [4.69, 9.17) is 5.73 Å². The summed E-state index contributed by atoms with van der Waals surface area (Å²) in [4.78, 5) is 13.9. The average Bonchev–Trinajstić information content (AvgIpc) is 2.36. The van der Waals surface area contributed by atoms with E-state index in [1.54, 1.807) is 0 Å². The Labute approximate surface area is 104 Å². The Morgan fingerprint density at radius 3 is 2.88 bits per heavy atom. The molecule has 17 heavy (non-hydrogen) atoms. The molecule has 4 nitrogen and oxygen atoms in total. The van der Waals surface area contributed by atoms with Crippen molar-refractivity contribution >= 4 is 5.91 Å². The fourth-order valence-electron chi connectivity index (χ4n) is 2.46. The molecule has 1 aliphatic rings. The number of amides is 1. The molecule has 0 aromatic heterocycles. The van der Waals surface area contributed by atoms with E-state index in [9.17, 15) is 9.90 Å². The smallest absolute Gasteiger partial charge is 0.222 e. The summed E-state index contributed by atoms with van der Waals surface area (Å²) in [5.74, 6) is 0.717. The van der Waals surface area contributed by atoms with Crippen molar-refractivity contribution in [3.8, 4) is 0 Å². The molecule has 1 rings (SSSR count). The molecular formula is C13H26N2O2. The summed E-state index contributed by atoms with van der Waals surface area (Å²) < 4.78 is 0. The van der Waals surface area contributed by atoms with E-state index in [0.717, 1.165) is 38.6 Å². The van der Waals surface area contributed by atoms with Crippen molar-refractivity contribution in [3.05, 3.63) is 0 Å². The van der Waals surface area contributed by atoms with Gasteiger partial charge < -0.3 is 15.7 Å². The predicted molar refractivity (Wildman–Crippen MR) is 68.5 cm³/mol. The highest BCUT2D eigenvalue weighted by Gasteiger charge is 2.25. The number of nitrogens with two attached hydrogens (primary N) is 1. The third-order valence-electron chi connectivity index (χ3n) is 3.67. The molecular weight excluding hydrogens is 216 g/mol. The zero-order valence-corrected chi connectivity index (χ0v) is 10.9. The van der Waals surface area contributed by atoms with Crippen molar-refractivity contribution < 1.29 is 9.90 Å². The van der Waals surface area contributed by atoms with E-state index in [1.165, 1.54) is 0 Å². The summed E-state index contributed by atoms with van der Waals surface area (Å²) in [7, 11) is 0. The molecule has 0 aromatic carbocycles. The lowest BCUT2D eigenvalue weighted by atomic mass is 9.99. The second kappa shape index (κ2) is 7.67. The molecule has 1 heterocycles. The summed E-state index contributed by atoms with van der Waals surface area (Å²) in [5.41, 5.74) is 5.49. The fraction of sp³-hybridized carbons (Fsp3) is 0.923. The Kier molecular flexibility index (Phi) is 6.52. The second-order valence-electron chi connectivity index (χ2n) is 5.14. The third-order valence-corrected chi connectivity index (χ3v) is 3.67. The summed E-state index contributed by atoms with van der Waals surface area (Å²) in [6.45, 7) is 3.75. The van der Waals surface area contributed by atoms with Crippen LogP contribution in [0.5, 0.6) is 0 Å². The van der Waals surface area contributed by atoms with Crippen LogP contribution < -0.4 is 5.73 Å². The van der Waals surface area contributed by atoms with Crippen molar-refractivity contribution in [2.75, 3.05) is 19.7 Å². The summed E-state index contributed by atoms with van der Waals surface area (Å²) >= 11 is 0. The van der Waals surface area contributed by atoms with Crippen LogP contribution in [0.15, 0.2) is 0 Å². The summed E-state index contributed by atoms with van der Waals surface area (Å²) in [6.07, 6.45) is 5.62. The lowest BCUT2D eigenvalue weighted by molar-refractivity contribution is -0.136. The first kappa shape index (κ1) is 14.5. The van der Waals surface area contributed by atoms with Crippen molar-refractivity contribution in [1.29, 1.82) is 0 Å². The van der Waals surface area contributed by atoms with Crippen LogP contribution in [-0.2, 0) is 4.79 Å². The number of carbonyl (C=O) groups is 1. The van der Waals surface area contributed by atoms with Crippen molar-refractivity contribution in [1.82, 2.24) is 4.90 Å². The van der Waals surface area contributed by atoms with Gasteiger partial charge in [-0.05, 0) is 44.6 Å². The van der Waals surface area contributed by atoms with Gasteiger partial charge in [-0.3, -0.25) is 4.79 Å². The number of piperidine rings is 1. The highest BCUT2D eigenvalue weighted by Crippen LogP contribution is 2.19. The van der Waals surface area contributed by atoms with Crippen molar-refractivity contribution in [2.24, 2.45) is 11.7 Å². The van der Waals surface area contributed by atoms with Gasteiger partial charge in [-0.1, -0.05) is 6.92 Å². The quantitative estimate of drug-likeness (QED) is 0.733. The number of rotatable bonds is 6. The summed E-state index contributed by atoms with van der Waals surface area (Å²) in [5, 5.41) is 9.26. The van der Waals surface area contributed by atoms with Gasteiger partial charge in [-0.15, -0.1) is 0 Å². The Bertz CT molecular complexity index is 233. The minimum Gasteiger partial charge on any atom is -0.394 e. The third kappa shape index (κ3) is 4.64. The highest BCUT2D eigenvalue weighted by atomic mass is 16.3. The Hall–Kier alpha value is -0.610. The molecule has 1 fully saturated rings. The van der Waals surface area contributed by atoms with E-state index in [-0.39, 0.29) is 18.6 Å². The first-order valence-electron chi connectivity index (χ1n) is 6.79. The van der Waals surface area contributed by atoms with Crippen LogP contribution in [0.4, 0.5) is 0 Å². The zero-order chi connectivity index (χ0) is 12.7. The van der Waals surface area contributed by atoms with Crippen LogP contribution in [0.25, 0.3) is 0 Å². The van der Waals surface area contributed by atoms with Crippen molar-refractivity contribution in [3.63, 3.8) is 0 Å². The van der Waals surface area contributed by atoms with E-state index in [0.29, 0.717) is 18.9 Å². The van der Waals surface area contributed by atoms with E-state index >= 15 is 0 Å². The van der Waals surface area contributed by atoms with E-state index in [1.807, 2.05) is 4.90 Å². The fourth-order valence-corrected chi connectivity index (χ4v) is 2.46. The Balaban J connectivity index is 2.34. The Morgan fingerprint density at radius 1 is 1.47 bits per heavy atom. The van der Waals surface area contributed by atoms with Gasteiger partial charge in [0.1, 0.15) is 0 Å². The second-order valence-corrected chi connectivity index (χ2v) is 5.14. The molecule has 0 bridgehead atoms. The molecule has 2 atom stereocenters. The maximum atomic E-state index is 12.1. The SMILES string of the molecule is CC(CCN)CCC(=O)N1CCCCC1CO. The molecule has 100 valence electrons. The van der Waals surface area contributed by atoms with Gasteiger partial charge in [0, 0.05) is 13.0 Å². The standard InChI is InChI=1S/C13H26N2O2/c1-11(7-8-14)5-6-13(17)15-9-3-2-4-12(15)10-16/h11-12,16H,2-10,14H2,1H3. The molecule has 4 heteroatoms. The highest BCUT2D eigenvalue weighted by molar-refractivity contribution is 5.76. The molecule has 1 saturated heterocycles. The molecule has 0 aromatic rings. The van der Waals surface area contributed by atoms with Crippen LogP contribution in [0.3, 0.4) is 0 Å². The monoisotopic (exact) mass is 242 g/mol. The van der Waals surface area contributed by atoms with Gasteiger partial charge in [0.15, 0.2) is 0 Å². The largest absolute Gasteiger partial charge is 0.394 e. The number of likely N-dealkylation sites (tertiary alicyclic amines) is 1. The Morgan fingerprint density at radius 2 is 2.24 bits per heavy atom. The number of hydrogen-bond donors (Lipinski definition) is 2.